The van der Waals surface area contributed by atoms with E-state index in [1.807, 2.05) is 19.1 Å². The van der Waals surface area contributed by atoms with Crippen LogP contribution >= 0.6 is 0 Å². The lowest BCUT2D eigenvalue weighted by molar-refractivity contribution is 0.0698. The topological polar surface area (TPSA) is 116 Å². The predicted molar refractivity (Wildman–Crippen MR) is 99.5 cm³/mol. The molecule has 0 radical (unpaired) electrons. The van der Waals surface area contributed by atoms with E-state index in [0.29, 0.717) is 22.8 Å². The molecule has 0 unspecified atom stereocenters. The molecule has 7 heteroatoms. The van der Waals surface area contributed by atoms with Gasteiger partial charge in [0.15, 0.2) is 0 Å². The van der Waals surface area contributed by atoms with Crippen LogP contribution in [0, 0.1) is 6.92 Å². The molecule has 3 rings (SSSR count). The molecule has 0 saturated heterocycles. The Morgan fingerprint density at radius 3 is 2.62 bits per heavy atom. The summed E-state index contributed by atoms with van der Waals surface area (Å²) < 4.78 is 11.2. The van der Waals surface area contributed by atoms with Crippen LogP contribution in [0.15, 0.2) is 38.9 Å². The van der Waals surface area contributed by atoms with Crippen molar-refractivity contribution in [3.8, 4) is 5.75 Å². The number of guanidine groups is 1. The molecule has 0 aliphatic heterocycles. The Kier molecular flexibility index (Phi) is 5.06. The molecule has 0 amide bonds. The zero-order chi connectivity index (χ0) is 18.7. The summed E-state index contributed by atoms with van der Waals surface area (Å²) in [4.78, 5) is 12.6. The molecule has 136 valence electrons. The highest BCUT2D eigenvalue weighted by Gasteiger charge is 2.29. The lowest BCUT2D eigenvalue weighted by Crippen LogP contribution is -2.22. The van der Waals surface area contributed by atoms with Crippen molar-refractivity contribution in [1.29, 1.82) is 0 Å². The summed E-state index contributed by atoms with van der Waals surface area (Å²) in [6, 6.07) is 7.42. The van der Waals surface area contributed by atoms with Gasteiger partial charge in [-0.2, -0.15) is 5.10 Å². The zero-order valence-corrected chi connectivity index (χ0v) is 14.9. The molecule has 26 heavy (non-hydrogen) atoms. The first-order valence-corrected chi connectivity index (χ1v) is 8.58. The number of rotatable bonds is 4. The number of nitrogens with zero attached hydrogens (tertiary/aromatic N) is 2. The smallest absolute Gasteiger partial charge is 0.379 e. The molecule has 0 atom stereocenters. The van der Waals surface area contributed by atoms with Crippen molar-refractivity contribution in [3.05, 3.63) is 52.5 Å². The van der Waals surface area contributed by atoms with Gasteiger partial charge in [0.1, 0.15) is 11.5 Å². The average Bonchev–Trinajstić information content (AvgIpc) is 2.98. The second kappa shape index (κ2) is 7.43. The maximum Gasteiger partial charge on any atom is 0.379 e. The van der Waals surface area contributed by atoms with Gasteiger partial charge in [-0.05, 0) is 43.9 Å². The van der Waals surface area contributed by atoms with Gasteiger partial charge in [0.2, 0.25) is 11.7 Å². The second-order valence-corrected chi connectivity index (χ2v) is 6.17. The molecule has 0 saturated carbocycles. The summed E-state index contributed by atoms with van der Waals surface area (Å²) in [6.07, 6.45) is 3.23. The van der Waals surface area contributed by atoms with E-state index in [4.69, 9.17) is 20.6 Å². The Balaban J connectivity index is 1.88. The third kappa shape index (κ3) is 3.61. The van der Waals surface area contributed by atoms with Crippen molar-refractivity contribution in [2.45, 2.75) is 39.5 Å². The lowest BCUT2D eigenvalue weighted by atomic mass is 9.93. The van der Waals surface area contributed by atoms with Crippen molar-refractivity contribution in [2.75, 3.05) is 0 Å². The number of hydrogen-bond donors (Lipinski definition) is 2. The Labute approximate surface area is 151 Å². The molecule has 1 aromatic carbocycles. The van der Waals surface area contributed by atoms with Crippen LogP contribution in [0.1, 0.15) is 52.8 Å². The minimum absolute atomic E-state index is 0.110. The van der Waals surface area contributed by atoms with Crippen molar-refractivity contribution < 1.29 is 13.9 Å². The molecule has 1 heterocycles. The maximum absolute atomic E-state index is 12.6. The van der Waals surface area contributed by atoms with Gasteiger partial charge in [-0.15, -0.1) is 5.10 Å². The quantitative estimate of drug-likeness (QED) is 0.288. The number of benzene rings is 1. The number of furan rings is 1. The van der Waals surface area contributed by atoms with Gasteiger partial charge >= 0.3 is 5.97 Å². The van der Waals surface area contributed by atoms with E-state index in [1.54, 1.807) is 12.1 Å². The summed E-state index contributed by atoms with van der Waals surface area (Å²) in [5.41, 5.74) is 14.1. The van der Waals surface area contributed by atoms with Gasteiger partial charge in [-0.3, -0.25) is 0 Å². The predicted octanol–water partition coefficient (Wildman–Crippen LogP) is 2.68. The maximum atomic E-state index is 12.6. The van der Waals surface area contributed by atoms with Gasteiger partial charge in [0.25, 0.3) is 0 Å². The summed E-state index contributed by atoms with van der Waals surface area (Å²) in [5, 5.41) is 7.83. The molecule has 7 nitrogen and oxygen atoms in total. The molecule has 1 aromatic heterocycles. The van der Waals surface area contributed by atoms with Crippen LogP contribution < -0.4 is 16.2 Å². The molecule has 0 spiro atoms. The fourth-order valence-electron chi connectivity index (χ4n) is 3.03. The average molecular weight is 354 g/mol. The van der Waals surface area contributed by atoms with Gasteiger partial charge < -0.3 is 20.6 Å². The Bertz CT molecular complexity index is 875. The monoisotopic (exact) mass is 354 g/mol. The highest BCUT2D eigenvalue weighted by molar-refractivity contribution is 6.06. The van der Waals surface area contributed by atoms with Crippen LogP contribution in [0.4, 0.5) is 0 Å². The van der Waals surface area contributed by atoms with E-state index < -0.39 is 5.97 Å². The first-order valence-electron chi connectivity index (χ1n) is 8.58. The van der Waals surface area contributed by atoms with Crippen LogP contribution in [0.25, 0.3) is 0 Å². The highest BCUT2D eigenvalue weighted by atomic mass is 16.5. The van der Waals surface area contributed by atoms with E-state index in [-0.39, 0.29) is 11.7 Å². The molecule has 1 aliphatic rings. The van der Waals surface area contributed by atoms with E-state index in [2.05, 4.69) is 17.1 Å². The number of fused-ring (bicyclic) bond motifs is 1. The molecule has 0 bridgehead atoms. The number of aryl methyl sites for hydroxylation is 2. The van der Waals surface area contributed by atoms with Crippen LogP contribution in [-0.2, 0) is 12.8 Å². The van der Waals surface area contributed by atoms with Crippen LogP contribution in [-0.4, -0.2) is 17.6 Å². The van der Waals surface area contributed by atoms with E-state index >= 15 is 0 Å². The summed E-state index contributed by atoms with van der Waals surface area (Å²) in [6.45, 7) is 3.88. The van der Waals surface area contributed by atoms with Crippen molar-refractivity contribution in [3.63, 3.8) is 0 Å². The van der Waals surface area contributed by atoms with Crippen LogP contribution in [0.5, 0.6) is 5.75 Å². The number of hydrogen-bond acceptors (Lipinski definition) is 5. The molecular formula is C19H22N4O3. The van der Waals surface area contributed by atoms with Crippen molar-refractivity contribution >= 4 is 17.6 Å². The lowest BCUT2D eigenvalue weighted by Gasteiger charge is -2.11. The second-order valence-electron chi connectivity index (χ2n) is 6.17. The Morgan fingerprint density at radius 2 is 1.96 bits per heavy atom. The highest BCUT2D eigenvalue weighted by Crippen LogP contribution is 2.30. The molecule has 4 N–H and O–H groups in total. The van der Waals surface area contributed by atoms with E-state index in [0.717, 1.165) is 31.2 Å². The van der Waals surface area contributed by atoms with E-state index in [9.17, 15) is 4.79 Å². The van der Waals surface area contributed by atoms with Gasteiger partial charge in [-0.1, -0.05) is 19.1 Å². The van der Waals surface area contributed by atoms with Crippen LogP contribution in [0.2, 0.25) is 0 Å². The summed E-state index contributed by atoms with van der Waals surface area (Å²) in [7, 11) is 0. The number of esters is 1. The SMILES string of the molecule is CCc1ccc(OC(=O)c2oc3c(c2C)/C(=N/N=C(N)N)CCC3)cc1. The third-order valence-corrected chi connectivity index (χ3v) is 4.34. The number of nitrogens with two attached hydrogens (primary N) is 2. The Hall–Kier alpha value is -3.09. The normalized spacial score (nSPS) is 14.8. The standard InChI is InChI=1S/C19H22N4O3/c1-3-12-7-9-13(10-8-12)25-18(24)17-11(2)16-14(22-23-19(20)21)5-4-6-15(16)26-17/h7-10H,3-6H2,1-2H3,(H4,20,21,23)/b22-14+. The number of ether oxygens (including phenoxy) is 1. The van der Waals surface area contributed by atoms with E-state index in [1.165, 1.54) is 5.56 Å². The third-order valence-electron chi connectivity index (χ3n) is 4.34. The minimum atomic E-state index is -0.526. The molecule has 1 aliphatic carbocycles. The van der Waals surface area contributed by atoms with Gasteiger partial charge in [0, 0.05) is 17.5 Å². The Morgan fingerprint density at radius 1 is 1.23 bits per heavy atom. The number of carbonyl (C=O) groups is 1. The van der Waals surface area contributed by atoms with Crippen molar-refractivity contribution in [1.82, 2.24) is 0 Å². The fourth-order valence-corrected chi connectivity index (χ4v) is 3.03. The number of carbonyl (C=O) groups excluding carboxylic acids is 1. The largest absolute Gasteiger partial charge is 0.453 e. The first-order chi connectivity index (χ1) is 12.5. The zero-order valence-electron chi connectivity index (χ0n) is 14.9. The van der Waals surface area contributed by atoms with Gasteiger partial charge in [0.05, 0.1) is 5.71 Å². The molecular weight excluding hydrogens is 332 g/mol. The van der Waals surface area contributed by atoms with Crippen LogP contribution in [0.3, 0.4) is 0 Å². The molecule has 0 fully saturated rings. The fraction of sp³-hybridized carbons (Fsp3) is 0.316. The molecule has 2 aromatic rings. The first kappa shape index (κ1) is 17.7. The van der Waals surface area contributed by atoms with Gasteiger partial charge in [-0.25, -0.2) is 4.79 Å². The summed E-state index contributed by atoms with van der Waals surface area (Å²) >= 11 is 0. The van der Waals surface area contributed by atoms with Crippen molar-refractivity contribution in [2.24, 2.45) is 21.7 Å². The minimum Gasteiger partial charge on any atom is -0.453 e. The summed E-state index contributed by atoms with van der Waals surface area (Å²) in [5.74, 6) is 0.749.